The fraction of sp³-hybridized carbons (Fsp3) is 0.0769. The predicted octanol–water partition coefficient (Wildman–Crippen LogP) is 6.00. The second-order valence-electron chi connectivity index (χ2n) is 3.85. The van der Waals surface area contributed by atoms with Gasteiger partial charge in [0.05, 0.1) is 4.83 Å². The lowest BCUT2D eigenvalue weighted by atomic mass is 10.0. The van der Waals surface area contributed by atoms with Crippen molar-refractivity contribution in [3.05, 3.63) is 68.4 Å². The number of rotatable bonds is 2. The molecule has 100 valence electrons. The van der Waals surface area contributed by atoms with Crippen molar-refractivity contribution in [3.8, 4) is 0 Å². The highest BCUT2D eigenvalue weighted by molar-refractivity contribution is 9.10. The second-order valence-corrected chi connectivity index (χ2v) is 6.09. The molecule has 6 heteroatoms. The normalized spacial score (nSPS) is 12.5. The van der Waals surface area contributed by atoms with Crippen LogP contribution in [0.25, 0.3) is 0 Å². The molecule has 0 fully saturated rings. The SMILES string of the molecule is Fc1cc(Br)cc(C(Br)c2cc(F)c(F)cc2Cl)c1. The van der Waals surface area contributed by atoms with Gasteiger partial charge in [0.2, 0.25) is 0 Å². The molecule has 0 amide bonds. The Morgan fingerprint density at radius 1 is 0.947 bits per heavy atom. The maximum Gasteiger partial charge on any atom is 0.160 e. The summed E-state index contributed by atoms with van der Waals surface area (Å²) in [5.74, 6) is -2.46. The lowest BCUT2D eigenvalue weighted by Gasteiger charge is -2.13. The molecule has 0 aliphatic carbocycles. The summed E-state index contributed by atoms with van der Waals surface area (Å²) < 4.78 is 40.1. The topological polar surface area (TPSA) is 0 Å². The van der Waals surface area contributed by atoms with Crippen LogP contribution in [-0.4, -0.2) is 0 Å². The summed E-state index contributed by atoms with van der Waals surface area (Å²) in [6.45, 7) is 0. The van der Waals surface area contributed by atoms with E-state index in [2.05, 4.69) is 31.9 Å². The third kappa shape index (κ3) is 3.33. The van der Waals surface area contributed by atoms with E-state index in [9.17, 15) is 13.2 Å². The standard InChI is InChI=1S/C13H6Br2ClF3/c14-7-1-6(2-8(17)3-7)13(15)9-4-11(18)12(19)5-10(9)16/h1-5,13H. The minimum Gasteiger partial charge on any atom is -0.207 e. The van der Waals surface area contributed by atoms with Crippen LogP contribution in [0.1, 0.15) is 16.0 Å². The Morgan fingerprint density at radius 2 is 1.58 bits per heavy atom. The first-order valence-corrected chi connectivity index (χ1v) is 7.21. The molecule has 0 radical (unpaired) electrons. The van der Waals surface area contributed by atoms with Crippen LogP contribution >= 0.6 is 43.5 Å². The summed E-state index contributed by atoms with van der Waals surface area (Å²) in [5, 5.41) is 0.0705. The van der Waals surface area contributed by atoms with Crippen LogP contribution in [0.2, 0.25) is 5.02 Å². The molecule has 0 bridgehead atoms. The molecule has 0 saturated heterocycles. The van der Waals surface area contributed by atoms with Crippen LogP contribution in [0.3, 0.4) is 0 Å². The Morgan fingerprint density at radius 3 is 2.21 bits per heavy atom. The summed E-state index contributed by atoms with van der Waals surface area (Å²) in [5.41, 5.74) is 0.873. The van der Waals surface area contributed by atoms with E-state index in [0.29, 0.717) is 15.6 Å². The van der Waals surface area contributed by atoms with Gasteiger partial charge in [0.15, 0.2) is 11.6 Å². The molecule has 0 aliphatic heterocycles. The van der Waals surface area contributed by atoms with Gasteiger partial charge in [-0.25, -0.2) is 13.2 Å². The Balaban J connectivity index is 2.49. The molecular weight excluding hydrogens is 408 g/mol. The van der Waals surface area contributed by atoms with Gasteiger partial charge < -0.3 is 0 Å². The van der Waals surface area contributed by atoms with Gasteiger partial charge in [-0.15, -0.1) is 0 Å². The fourth-order valence-corrected chi connectivity index (χ4v) is 3.15. The van der Waals surface area contributed by atoms with E-state index in [4.69, 9.17) is 11.6 Å². The molecule has 0 aliphatic rings. The number of hydrogen-bond donors (Lipinski definition) is 0. The van der Waals surface area contributed by atoms with E-state index in [1.807, 2.05) is 0 Å². The molecule has 2 aromatic carbocycles. The molecule has 0 aromatic heterocycles. The van der Waals surface area contributed by atoms with Gasteiger partial charge in [0.1, 0.15) is 5.82 Å². The van der Waals surface area contributed by atoms with Crippen molar-refractivity contribution in [2.75, 3.05) is 0 Å². The maximum atomic E-state index is 13.3. The van der Waals surface area contributed by atoms with Crippen molar-refractivity contribution in [3.63, 3.8) is 0 Å². The van der Waals surface area contributed by atoms with Gasteiger partial charge in [-0.05, 0) is 41.5 Å². The molecule has 2 rings (SSSR count). The Labute approximate surface area is 129 Å². The van der Waals surface area contributed by atoms with Gasteiger partial charge in [-0.1, -0.05) is 43.5 Å². The Kier molecular flexibility index (Phi) is 4.58. The monoisotopic (exact) mass is 412 g/mol. The van der Waals surface area contributed by atoms with E-state index >= 15 is 0 Å². The minimum atomic E-state index is -1.02. The van der Waals surface area contributed by atoms with Crippen molar-refractivity contribution in [2.45, 2.75) is 4.83 Å². The zero-order valence-electron chi connectivity index (χ0n) is 9.23. The van der Waals surface area contributed by atoms with Gasteiger partial charge >= 0.3 is 0 Å². The zero-order chi connectivity index (χ0) is 14.2. The van der Waals surface area contributed by atoms with E-state index < -0.39 is 22.3 Å². The van der Waals surface area contributed by atoms with Crippen LogP contribution in [0.15, 0.2) is 34.8 Å². The number of hydrogen-bond acceptors (Lipinski definition) is 0. The highest BCUT2D eigenvalue weighted by Crippen LogP contribution is 2.37. The van der Waals surface area contributed by atoms with Gasteiger partial charge in [-0.2, -0.15) is 0 Å². The first-order chi connectivity index (χ1) is 8.88. The molecule has 1 atom stereocenters. The molecular formula is C13H6Br2ClF3. The Hall–Kier alpha value is -0.520. The van der Waals surface area contributed by atoms with Crippen molar-refractivity contribution in [2.24, 2.45) is 0 Å². The molecule has 0 nitrogen and oxygen atoms in total. The first kappa shape index (κ1) is 14.9. The van der Waals surface area contributed by atoms with Crippen LogP contribution in [0, 0.1) is 17.5 Å². The van der Waals surface area contributed by atoms with Gasteiger partial charge in [0, 0.05) is 9.50 Å². The molecule has 0 spiro atoms. The van der Waals surface area contributed by atoms with Crippen molar-refractivity contribution in [1.29, 1.82) is 0 Å². The van der Waals surface area contributed by atoms with Crippen LogP contribution < -0.4 is 0 Å². The molecule has 0 N–H and O–H groups in total. The number of benzene rings is 2. The maximum absolute atomic E-state index is 13.3. The van der Waals surface area contributed by atoms with E-state index in [1.54, 1.807) is 6.07 Å². The first-order valence-electron chi connectivity index (χ1n) is 5.13. The van der Waals surface area contributed by atoms with Crippen molar-refractivity contribution >= 4 is 43.5 Å². The third-order valence-corrected chi connectivity index (χ3v) is 4.30. The smallest absolute Gasteiger partial charge is 0.160 e. The van der Waals surface area contributed by atoms with E-state index in [-0.39, 0.29) is 5.02 Å². The largest absolute Gasteiger partial charge is 0.207 e. The summed E-state index contributed by atoms with van der Waals surface area (Å²) in [7, 11) is 0. The summed E-state index contributed by atoms with van der Waals surface area (Å²) in [6, 6.07) is 6.16. The Bertz CT molecular complexity index is 611. The molecule has 1 unspecified atom stereocenters. The lowest BCUT2D eigenvalue weighted by Crippen LogP contribution is -1.98. The molecule has 2 aromatic rings. The minimum absolute atomic E-state index is 0.0705. The van der Waals surface area contributed by atoms with Crippen LogP contribution in [0.4, 0.5) is 13.2 Å². The lowest BCUT2D eigenvalue weighted by molar-refractivity contribution is 0.507. The summed E-state index contributed by atoms with van der Waals surface area (Å²) in [6.07, 6.45) is 0. The van der Waals surface area contributed by atoms with Gasteiger partial charge in [-0.3, -0.25) is 0 Å². The predicted molar refractivity (Wildman–Crippen MR) is 76.2 cm³/mol. The van der Waals surface area contributed by atoms with E-state index in [0.717, 1.165) is 12.1 Å². The second kappa shape index (κ2) is 5.85. The average Bonchev–Trinajstić information content (AvgIpc) is 2.31. The number of halogens is 6. The van der Waals surface area contributed by atoms with E-state index in [1.165, 1.54) is 12.1 Å². The fourth-order valence-electron chi connectivity index (χ4n) is 1.63. The van der Waals surface area contributed by atoms with Crippen molar-refractivity contribution < 1.29 is 13.2 Å². The highest BCUT2D eigenvalue weighted by atomic mass is 79.9. The molecule has 0 saturated carbocycles. The van der Waals surface area contributed by atoms with Crippen LogP contribution in [0.5, 0.6) is 0 Å². The van der Waals surface area contributed by atoms with Gasteiger partial charge in [0.25, 0.3) is 0 Å². The molecule has 19 heavy (non-hydrogen) atoms. The summed E-state index contributed by atoms with van der Waals surface area (Å²) in [4.78, 5) is -0.540. The summed E-state index contributed by atoms with van der Waals surface area (Å²) >= 11 is 12.4. The quantitative estimate of drug-likeness (QED) is 0.417. The average molecular weight is 414 g/mol. The zero-order valence-corrected chi connectivity index (χ0v) is 13.2. The van der Waals surface area contributed by atoms with Crippen molar-refractivity contribution in [1.82, 2.24) is 0 Å². The molecule has 0 heterocycles. The van der Waals surface area contributed by atoms with Crippen LogP contribution in [-0.2, 0) is 0 Å². The number of alkyl halides is 1. The third-order valence-electron chi connectivity index (χ3n) is 2.49. The highest BCUT2D eigenvalue weighted by Gasteiger charge is 2.18.